The highest BCUT2D eigenvalue weighted by molar-refractivity contribution is 5.90. The number of nitrogens with zero attached hydrogens (tertiary/aromatic N) is 1. The van der Waals surface area contributed by atoms with Gasteiger partial charge in [0.2, 0.25) is 17.7 Å². The molecule has 2 unspecified atom stereocenters. The summed E-state index contributed by atoms with van der Waals surface area (Å²) in [5.74, 6) is -0.149. The maximum atomic E-state index is 12.7. The van der Waals surface area contributed by atoms with Gasteiger partial charge in [-0.3, -0.25) is 14.4 Å². The number of carbonyl (C=O) groups is 3. The number of hydrogen-bond acceptors (Lipinski definition) is 4. The summed E-state index contributed by atoms with van der Waals surface area (Å²) in [6.45, 7) is 7.64. The molecule has 2 aliphatic heterocycles. The van der Waals surface area contributed by atoms with Gasteiger partial charge in [0, 0.05) is 20.4 Å². The molecule has 2 aliphatic rings. The summed E-state index contributed by atoms with van der Waals surface area (Å²) in [6, 6.07) is -0.678. The first kappa shape index (κ1) is 18.7. The van der Waals surface area contributed by atoms with E-state index in [1.54, 1.807) is 11.9 Å². The van der Waals surface area contributed by atoms with Crippen molar-refractivity contribution >= 4 is 17.7 Å². The SMILES string of the molecule is CCC1O[C@H]2C[C@@H](C(=O)NC)N(C(=O)CNC(C)=O)C2[C@@H](C)[C@H]1C. The minimum absolute atomic E-state index is 0.0929. The van der Waals surface area contributed by atoms with Crippen molar-refractivity contribution in [1.82, 2.24) is 15.5 Å². The molecule has 2 rings (SSSR count). The van der Waals surface area contributed by atoms with Crippen molar-refractivity contribution in [3.05, 3.63) is 0 Å². The summed E-state index contributed by atoms with van der Waals surface area (Å²) in [6.07, 6.45) is 1.44. The van der Waals surface area contributed by atoms with E-state index in [1.807, 2.05) is 0 Å². The lowest BCUT2D eigenvalue weighted by Gasteiger charge is -2.45. The summed E-state index contributed by atoms with van der Waals surface area (Å²) < 4.78 is 6.21. The molecule has 3 amide bonds. The number of rotatable bonds is 4. The topological polar surface area (TPSA) is 87.7 Å². The van der Waals surface area contributed by atoms with Crippen LogP contribution in [0, 0.1) is 11.8 Å². The summed E-state index contributed by atoms with van der Waals surface area (Å²) in [5, 5.41) is 5.18. The monoisotopic (exact) mass is 339 g/mol. The van der Waals surface area contributed by atoms with Crippen molar-refractivity contribution < 1.29 is 19.1 Å². The van der Waals surface area contributed by atoms with Crippen molar-refractivity contribution in [3.8, 4) is 0 Å². The fourth-order valence-electron chi connectivity index (χ4n) is 4.09. The largest absolute Gasteiger partial charge is 0.372 e. The first-order chi connectivity index (χ1) is 11.3. The Kier molecular flexibility index (Phi) is 5.85. The number of amides is 3. The van der Waals surface area contributed by atoms with Crippen LogP contribution in [0.4, 0.5) is 0 Å². The van der Waals surface area contributed by atoms with E-state index in [4.69, 9.17) is 4.74 Å². The van der Waals surface area contributed by atoms with Crippen LogP contribution in [-0.4, -0.2) is 60.5 Å². The first-order valence-corrected chi connectivity index (χ1v) is 8.74. The fraction of sp³-hybridized carbons (Fsp3) is 0.824. The van der Waals surface area contributed by atoms with E-state index >= 15 is 0 Å². The third-order valence-electron chi connectivity index (χ3n) is 5.53. The molecule has 2 N–H and O–H groups in total. The average molecular weight is 339 g/mol. The minimum atomic E-state index is -0.545. The standard InChI is InChI=1S/C17H29N3O4/c1-6-13-9(2)10(3)16-14(24-13)7-12(17(23)18-5)20(16)15(22)8-19-11(4)21/h9-10,12-14,16H,6-8H2,1-5H3,(H,18,23)(H,19,21)/t9-,10+,12+,13?,14+,16?/m1/s1. The van der Waals surface area contributed by atoms with Gasteiger partial charge in [-0.25, -0.2) is 0 Å². The number of carbonyl (C=O) groups excluding carboxylic acids is 3. The van der Waals surface area contributed by atoms with Crippen molar-refractivity contribution in [1.29, 1.82) is 0 Å². The molecule has 0 aromatic rings. The summed E-state index contributed by atoms with van der Waals surface area (Å²) in [5.41, 5.74) is 0. The predicted octanol–water partition coefficient (Wildman–Crippen LogP) is 0.288. The smallest absolute Gasteiger partial charge is 0.243 e. The average Bonchev–Trinajstić information content (AvgIpc) is 2.94. The molecule has 7 heteroatoms. The molecule has 2 heterocycles. The zero-order valence-corrected chi connectivity index (χ0v) is 15.2. The number of fused-ring (bicyclic) bond motifs is 1. The van der Waals surface area contributed by atoms with Crippen molar-refractivity contribution in [2.75, 3.05) is 13.6 Å². The first-order valence-electron chi connectivity index (χ1n) is 8.74. The number of likely N-dealkylation sites (tertiary alicyclic amines) is 1. The van der Waals surface area contributed by atoms with Gasteiger partial charge in [0.1, 0.15) is 6.04 Å². The van der Waals surface area contributed by atoms with Gasteiger partial charge in [-0.1, -0.05) is 20.8 Å². The van der Waals surface area contributed by atoms with Crippen LogP contribution < -0.4 is 10.6 Å². The van der Waals surface area contributed by atoms with Crippen LogP contribution in [0.25, 0.3) is 0 Å². The molecule has 136 valence electrons. The van der Waals surface area contributed by atoms with E-state index in [0.717, 1.165) is 6.42 Å². The van der Waals surface area contributed by atoms with E-state index < -0.39 is 6.04 Å². The maximum Gasteiger partial charge on any atom is 0.243 e. The van der Waals surface area contributed by atoms with Gasteiger partial charge >= 0.3 is 0 Å². The second-order valence-corrected chi connectivity index (χ2v) is 6.91. The van der Waals surface area contributed by atoms with Gasteiger partial charge in [-0.15, -0.1) is 0 Å². The molecule has 0 saturated carbocycles. The highest BCUT2D eigenvalue weighted by Gasteiger charge is 2.53. The Hall–Kier alpha value is -1.63. The molecule has 0 aromatic heterocycles. The lowest BCUT2D eigenvalue weighted by atomic mass is 9.79. The van der Waals surface area contributed by atoms with Crippen molar-refractivity contribution in [3.63, 3.8) is 0 Å². The molecule has 0 aromatic carbocycles. The molecule has 0 aliphatic carbocycles. The van der Waals surface area contributed by atoms with E-state index in [2.05, 4.69) is 31.4 Å². The highest BCUT2D eigenvalue weighted by atomic mass is 16.5. The second kappa shape index (κ2) is 7.51. The molecule has 2 fully saturated rings. The molecule has 0 radical (unpaired) electrons. The Balaban J connectivity index is 2.27. The molecule has 0 spiro atoms. The van der Waals surface area contributed by atoms with E-state index in [1.165, 1.54) is 6.92 Å². The van der Waals surface area contributed by atoms with E-state index in [9.17, 15) is 14.4 Å². The Bertz CT molecular complexity index is 510. The van der Waals surface area contributed by atoms with Gasteiger partial charge in [0.15, 0.2) is 0 Å². The molecular formula is C17H29N3O4. The Labute approximate surface area is 143 Å². The van der Waals surface area contributed by atoms with Crippen molar-refractivity contribution in [2.24, 2.45) is 11.8 Å². The summed E-state index contributed by atoms with van der Waals surface area (Å²) >= 11 is 0. The number of likely N-dealkylation sites (N-methyl/N-ethyl adjacent to an activating group) is 1. The van der Waals surface area contributed by atoms with Gasteiger partial charge in [0.05, 0.1) is 24.8 Å². The maximum absolute atomic E-state index is 12.7. The predicted molar refractivity (Wildman–Crippen MR) is 89.1 cm³/mol. The molecule has 0 bridgehead atoms. The highest BCUT2D eigenvalue weighted by Crippen LogP contribution is 2.42. The fourth-order valence-corrected chi connectivity index (χ4v) is 4.09. The summed E-state index contributed by atoms with van der Waals surface area (Å²) in [4.78, 5) is 37.8. The van der Waals surface area contributed by atoms with Gasteiger partial charge < -0.3 is 20.3 Å². The summed E-state index contributed by atoms with van der Waals surface area (Å²) in [7, 11) is 1.57. The molecular weight excluding hydrogens is 310 g/mol. The number of ether oxygens (including phenoxy) is 1. The molecule has 2 saturated heterocycles. The lowest BCUT2D eigenvalue weighted by molar-refractivity contribution is -0.151. The third kappa shape index (κ3) is 3.41. The van der Waals surface area contributed by atoms with Crippen LogP contribution in [0.15, 0.2) is 0 Å². The third-order valence-corrected chi connectivity index (χ3v) is 5.53. The zero-order chi connectivity index (χ0) is 18.0. The minimum Gasteiger partial charge on any atom is -0.372 e. The van der Waals surface area contributed by atoms with E-state index in [0.29, 0.717) is 12.3 Å². The van der Waals surface area contributed by atoms with Crippen LogP contribution in [0.1, 0.15) is 40.5 Å². The van der Waals surface area contributed by atoms with Gasteiger partial charge in [-0.05, 0) is 18.3 Å². The Morgan fingerprint density at radius 2 is 1.88 bits per heavy atom. The number of nitrogens with one attached hydrogen (secondary N) is 2. The molecule has 24 heavy (non-hydrogen) atoms. The van der Waals surface area contributed by atoms with Crippen LogP contribution in [0.5, 0.6) is 0 Å². The Morgan fingerprint density at radius 1 is 1.21 bits per heavy atom. The normalized spacial score (nSPS) is 35.3. The zero-order valence-electron chi connectivity index (χ0n) is 15.2. The quantitative estimate of drug-likeness (QED) is 0.770. The lowest BCUT2D eigenvalue weighted by Crippen LogP contribution is -2.57. The molecule has 7 nitrogen and oxygen atoms in total. The van der Waals surface area contributed by atoms with Crippen LogP contribution in [0.2, 0.25) is 0 Å². The van der Waals surface area contributed by atoms with E-state index in [-0.39, 0.29) is 48.4 Å². The Morgan fingerprint density at radius 3 is 2.42 bits per heavy atom. The number of hydrogen-bond donors (Lipinski definition) is 2. The van der Waals surface area contributed by atoms with Crippen LogP contribution in [-0.2, 0) is 19.1 Å². The van der Waals surface area contributed by atoms with Crippen LogP contribution in [0.3, 0.4) is 0 Å². The van der Waals surface area contributed by atoms with Crippen LogP contribution >= 0.6 is 0 Å². The van der Waals surface area contributed by atoms with Crippen molar-refractivity contribution in [2.45, 2.75) is 64.8 Å². The molecule has 6 atom stereocenters. The second-order valence-electron chi connectivity index (χ2n) is 6.91. The van der Waals surface area contributed by atoms with Gasteiger partial charge in [0.25, 0.3) is 0 Å². The van der Waals surface area contributed by atoms with Gasteiger partial charge in [-0.2, -0.15) is 0 Å².